The van der Waals surface area contributed by atoms with E-state index >= 15 is 0 Å². The number of nitrogens with zero attached hydrogens (tertiary/aromatic N) is 1. The smallest absolute Gasteiger partial charge is 0.164 e. The number of sulfone groups is 1. The van der Waals surface area contributed by atoms with Gasteiger partial charge in [0, 0.05) is 43.4 Å². The summed E-state index contributed by atoms with van der Waals surface area (Å²) in [4.78, 5) is 2.11. The lowest BCUT2D eigenvalue weighted by atomic mass is 10.2. The van der Waals surface area contributed by atoms with Crippen molar-refractivity contribution in [3.05, 3.63) is 0 Å². The van der Waals surface area contributed by atoms with Gasteiger partial charge in [-0.1, -0.05) is 13.8 Å². The van der Waals surface area contributed by atoms with Crippen LogP contribution in [0.5, 0.6) is 0 Å². The van der Waals surface area contributed by atoms with Crippen LogP contribution in [0.15, 0.2) is 0 Å². The molecule has 2 heterocycles. The van der Waals surface area contributed by atoms with Crippen molar-refractivity contribution in [3.8, 4) is 0 Å². The van der Waals surface area contributed by atoms with Crippen molar-refractivity contribution in [1.29, 1.82) is 0 Å². The molecule has 3 unspecified atom stereocenters. The molecule has 2 rings (SSSR count). The Bertz CT molecular complexity index is 428. The van der Waals surface area contributed by atoms with Crippen molar-refractivity contribution in [2.45, 2.75) is 50.3 Å². The van der Waals surface area contributed by atoms with Gasteiger partial charge in [0.1, 0.15) is 5.37 Å². The van der Waals surface area contributed by atoms with Crippen LogP contribution in [-0.2, 0) is 14.6 Å². The van der Waals surface area contributed by atoms with Gasteiger partial charge < -0.3 is 10.1 Å². The molecule has 5 nitrogen and oxygen atoms in total. The summed E-state index contributed by atoms with van der Waals surface area (Å²) in [5.74, 6) is 1.70. The first kappa shape index (κ1) is 17.5. The fraction of sp³-hybridized carbons (Fsp3) is 1.00. The molecule has 2 saturated heterocycles. The van der Waals surface area contributed by atoms with Crippen molar-refractivity contribution in [2.24, 2.45) is 0 Å². The number of ether oxygens (including phenoxy) is 1. The van der Waals surface area contributed by atoms with Crippen LogP contribution in [0.3, 0.4) is 0 Å². The van der Waals surface area contributed by atoms with Crippen molar-refractivity contribution < 1.29 is 13.2 Å². The zero-order valence-electron chi connectivity index (χ0n) is 13.2. The highest BCUT2D eigenvalue weighted by Gasteiger charge is 2.34. The van der Waals surface area contributed by atoms with E-state index in [4.69, 9.17) is 4.74 Å². The molecule has 0 bridgehead atoms. The number of hydrogen-bond acceptors (Lipinski definition) is 6. The summed E-state index contributed by atoms with van der Waals surface area (Å²) in [7, 11) is -3.01. The Labute approximate surface area is 133 Å². The maximum atomic E-state index is 11.9. The molecule has 124 valence electrons. The van der Waals surface area contributed by atoms with Crippen LogP contribution >= 0.6 is 11.8 Å². The topological polar surface area (TPSA) is 58.6 Å². The zero-order chi connectivity index (χ0) is 15.5. The van der Waals surface area contributed by atoms with Crippen molar-refractivity contribution in [2.75, 3.05) is 37.4 Å². The van der Waals surface area contributed by atoms with E-state index in [0.717, 1.165) is 38.2 Å². The largest absolute Gasteiger partial charge is 0.372 e. The Kier molecular flexibility index (Phi) is 6.38. The molecule has 3 atom stereocenters. The van der Waals surface area contributed by atoms with Gasteiger partial charge in [-0.3, -0.25) is 4.90 Å². The van der Waals surface area contributed by atoms with Crippen LogP contribution in [-0.4, -0.2) is 74.3 Å². The summed E-state index contributed by atoms with van der Waals surface area (Å²) >= 11 is 1.73. The lowest BCUT2D eigenvalue weighted by Crippen LogP contribution is -2.49. The number of hydrogen-bond donors (Lipinski definition) is 1. The summed E-state index contributed by atoms with van der Waals surface area (Å²) < 4.78 is 29.9. The highest BCUT2D eigenvalue weighted by atomic mass is 32.2. The van der Waals surface area contributed by atoms with Gasteiger partial charge in [-0.2, -0.15) is 11.8 Å². The molecule has 7 heteroatoms. The molecule has 0 aromatic rings. The standard InChI is InChI=1S/C14H28N2O3S2/c1-11(2)15-8-12-4-5-13(19-12)9-16-6-7-20-10-14(16)21(3,17)18/h11-15H,4-10H2,1-3H3. The predicted octanol–water partition coefficient (Wildman–Crippen LogP) is 0.952. The minimum atomic E-state index is -3.01. The van der Waals surface area contributed by atoms with E-state index in [2.05, 4.69) is 24.1 Å². The summed E-state index contributed by atoms with van der Waals surface area (Å²) in [6.45, 7) is 6.75. The van der Waals surface area contributed by atoms with Gasteiger partial charge in [-0.05, 0) is 12.8 Å². The molecule has 0 spiro atoms. The fourth-order valence-corrected chi connectivity index (χ4v) is 5.87. The molecular formula is C14H28N2O3S2. The molecule has 0 saturated carbocycles. The fourth-order valence-electron chi connectivity index (χ4n) is 2.91. The maximum Gasteiger partial charge on any atom is 0.164 e. The molecular weight excluding hydrogens is 308 g/mol. The van der Waals surface area contributed by atoms with Crippen LogP contribution in [0.4, 0.5) is 0 Å². The average molecular weight is 337 g/mol. The summed E-state index contributed by atoms with van der Waals surface area (Å²) in [5.41, 5.74) is 0. The predicted molar refractivity (Wildman–Crippen MR) is 88.6 cm³/mol. The van der Waals surface area contributed by atoms with Crippen molar-refractivity contribution in [1.82, 2.24) is 10.2 Å². The molecule has 2 fully saturated rings. The van der Waals surface area contributed by atoms with Gasteiger partial charge in [-0.25, -0.2) is 8.42 Å². The molecule has 0 radical (unpaired) electrons. The zero-order valence-corrected chi connectivity index (χ0v) is 14.9. The van der Waals surface area contributed by atoms with Crippen molar-refractivity contribution in [3.63, 3.8) is 0 Å². The first-order valence-electron chi connectivity index (χ1n) is 7.75. The van der Waals surface area contributed by atoms with Gasteiger partial charge >= 0.3 is 0 Å². The third-order valence-electron chi connectivity index (χ3n) is 4.07. The van der Waals surface area contributed by atoms with Crippen LogP contribution in [0.25, 0.3) is 0 Å². The molecule has 21 heavy (non-hydrogen) atoms. The Hall–Kier alpha value is 0.180. The van der Waals surface area contributed by atoms with E-state index in [1.807, 2.05) is 0 Å². The quantitative estimate of drug-likeness (QED) is 0.779. The molecule has 0 aromatic heterocycles. The normalized spacial score (nSPS) is 31.9. The summed E-state index contributed by atoms with van der Waals surface area (Å²) in [5, 5.41) is 3.07. The Morgan fingerprint density at radius 2 is 2.05 bits per heavy atom. The molecule has 2 aliphatic heterocycles. The minimum Gasteiger partial charge on any atom is -0.372 e. The lowest BCUT2D eigenvalue weighted by molar-refractivity contribution is 0.0219. The molecule has 2 aliphatic rings. The monoisotopic (exact) mass is 336 g/mol. The second-order valence-corrected chi connectivity index (χ2v) is 9.73. The van der Waals surface area contributed by atoms with Gasteiger partial charge in [-0.15, -0.1) is 0 Å². The van der Waals surface area contributed by atoms with E-state index in [1.54, 1.807) is 11.8 Å². The lowest BCUT2D eigenvalue weighted by Gasteiger charge is -2.35. The first-order chi connectivity index (χ1) is 9.86. The minimum absolute atomic E-state index is 0.177. The summed E-state index contributed by atoms with van der Waals surface area (Å²) in [6.07, 6.45) is 3.90. The van der Waals surface area contributed by atoms with E-state index < -0.39 is 9.84 Å². The average Bonchev–Trinajstić information content (AvgIpc) is 2.83. The van der Waals surface area contributed by atoms with E-state index in [-0.39, 0.29) is 17.6 Å². The van der Waals surface area contributed by atoms with Crippen LogP contribution in [0.2, 0.25) is 0 Å². The SMILES string of the molecule is CC(C)NCC1CCC(CN2CCSCC2S(C)(=O)=O)O1. The first-order valence-corrected chi connectivity index (χ1v) is 10.9. The third kappa shape index (κ3) is 5.39. The number of rotatable bonds is 6. The second kappa shape index (κ2) is 7.64. The summed E-state index contributed by atoms with van der Waals surface area (Å²) in [6, 6.07) is 0.474. The van der Waals surface area contributed by atoms with Gasteiger partial charge in [0.05, 0.1) is 12.2 Å². The highest BCUT2D eigenvalue weighted by molar-refractivity contribution is 8.00. The molecule has 0 amide bonds. The van der Waals surface area contributed by atoms with Crippen molar-refractivity contribution >= 4 is 21.6 Å². The van der Waals surface area contributed by atoms with Crippen LogP contribution in [0, 0.1) is 0 Å². The Morgan fingerprint density at radius 3 is 2.71 bits per heavy atom. The van der Waals surface area contributed by atoms with Crippen LogP contribution < -0.4 is 5.32 Å². The molecule has 0 aromatic carbocycles. The van der Waals surface area contributed by atoms with Gasteiger partial charge in [0.15, 0.2) is 9.84 Å². The number of nitrogens with one attached hydrogen (secondary N) is 1. The maximum absolute atomic E-state index is 11.9. The van der Waals surface area contributed by atoms with E-state index in [9.17, 15) is 8.42 Å². The van der Waals surface area contributed by atoms with E-state index in [1.165, 1.54) is 6.26 Å². The molecule has 1 N–H and O–H groups in total. The van der Waals surface area contributed by atoms with Gasteiger partial charge in [0.25, 0.3) is 0 Å². The Balaban J connectivity index is 1.83. The van der Waals surface area contributed by atoms with Gasteiger partial charge in [0.2, 0.25) is 0 Å². The highest BCUT2D eigenvalue weighted by Crippen LogP contribution is 2.25. The van der Waals surface area contributed by atoms with E-state index in [0.29, 0.717) is 11.8 Å². The number of thioether (sulfide) groups is 1. The Morgan fingerprint density at radius 1 is 1.33 bits per heavy atom. The van der Waals surface area contributed by atoms with Crippen LogP contribution in [0.1, 0.15) is 26.7 Å². The molecule has 0 aliphatic carbocycles. The second-order valence-electron chi connectivity index (χ2n) is 6.37. The third-order valence-corrected chi connectivity index (χ3v) is 6.76.